The highest BCUT2D eigenvalue weighted by molar-refractivity contribution is 5.81. The third-order valence-electron chi connectivity index (χ3n) is 4.18. The quantitative estimate of drug-likeness (QED) is 0.600. The minimum atomic E-state index is -4.72. The van der Waals surface area contributed by atoms with E-state index in [1.54, 1.807) is 12.1 Å². The third-order valence-corrected chi connectivity index (χ3v) is 4.18. The van der Waals surface area contributed by atoms with Gasteiger partial charge in [0.25, 0.3) is 5.71 Å². The number of carbonyl (C=O) groups excluding carboxylic acids is 1. The van der Waals surface area contributed by atoms with Crippen molar-refractivity contribution in [3.8, 4) is 28.8 Å². The van der Waals surface area contributed by atoms with Crippen molar-refractivity contribution in [1.29, 1.82) is 0 Å². The number of rotatable bonds is 6. The highest BCUT2D eigenvalue weighted by atomic mass is 19.4. The van der Waals surface area contributed by atoms with Crippen molar-refractivity contribution in [3.05, 3.63) is 29.8 Å². The summed E-state index contributed by atoms with van der Waals surface area (Å²) in [6.45, 7) is 2.71. The molecule has 29 heavy (non-hydrogen) atoms. The summed E-state index contributed by atoms with van der Waals surface area (Å²) in [5.41, 5.74) is -1.57. The molecule has 0 unspecified atom stereocenters. The summed E-state index contributed by atoms with van der Waals surface area (Å²) in [5, 5.41) is 0. The summed E-state index contributed by atoms with van der Waals surface area (Å²) in [6, 6.07) is 5.46. The number of hydrogen-bond acceptors (Lipinski definition) is 7. The molecule has 0 aliphatic carbocycles. The smallest absolute Gasteiger partial charge is 0.418 e. The van der Waals surface area contributed by atoms with Crippen LogP contribution in [-0.2, 0) is 11.0 Å². The van der Waals surface area contributed by atoms with E-state index in [-0.39, 0.29) is 17.2 Å². The highest BCUT2D eigenvalue weighted by Crippen LogP contribution is 2.39. The molecule has 0 aliphatic heterocycles. The molecule has 0 amide bonds. The van der Waals surface area contributed by atoms with E-state index in [1.807, 2.05) is 0 Å². The summed E-state index contributed by atoms with van der Waals surface area (Å²) in [6.07, 6.45) is -6.11. The summed E-state index contributed by atoms with van der Waals surface area (Å²) in [7, 11) is 2.86. The van der Waals surface area contributed by atoms with Crippen molar-refractivity contribution in [1.82, 2.24) is 9.97 Å². The number of carbonyl (C=O) groups is 1. The van der Waals surface area contributed by atoms with Gasteiger partial charge in [-0.1, -0.05) is 0 Å². The van der Waals surface area contributed by atoms with Crippen LogP contribution >= 0.6 is 0 Å². The first-order valence-corrected chi connectivity index (χ1v) is 8.42. The normalized spacial score (nSPS) is 12.7. The van der Waals surface area contributed by atoms with Crippen LogP contribution in [0.1, 0.15) is 19.4 Å². The summed E-state index contributed by atoms with van der Waals surface area (Å²) >= 11 is 0. The van der Waals surface area contributed by atoms with Gasteiger partial charge >= 0.3 is 12.3 Å². The number of pyridine rings is 1. The maximum absolute atomic E-state index is 13.6. The number of aromatic nitrogens is 2. The van der Waals surface area contributed by atoms with Crippen LogP contribution in [0.2, 0.25) is 0 Å². The zero-order chi connectivity index (χ0) is 21.3. The molecule has 2 heterocycles. The first-order valence-electron chi connectivity index (χ1n) is 8.42. The SMILES string of the molecule is COc1ccc(-c2cc(C(F)(F)F)c3nc(O[C@@H](C)C(C)=O)oc3n2)cc1OC. The van der Waals surface area contributed by atoms with Gasteiger partial charge in [0.15, 0.2) is 23.4 Å². The van der Waals surface area contributed by atoms with E-state index in [0.717, 1.165) is 6.07 Å². The van der Waals surface area contributed by atoms with Crippen molar-refractivity contribution >= 4 is 17.0 Å². The zero-order valence-corrected chi connectivity index (χ0v) is 16.0. The van der Waals surface area contributed by atoms with E-state index in [0.29, 0.717) is 17.1 Å². The lowest BCUT2D eigenvalue weighted by Crippen LogP contribution is -2.20. The lowest BCUT2D eigenvalue weighted by molar-refractivity contribution is -0.136. The van der Waals surface area contributed by atoms with E-state index < -0.39 is 29.4 Å². The Morgan fingerprint density at radius 2 is 1.79 bits per heavy atom. The summed E-state index contributed by atoms with van der Waals surface area (Å²) < 4.78 is 61.6. The van der Waals surface area contributed by atoms with Crippen molar-refractivity contribution in [3.63, 3.8) is 0 Å². The Labute approximate surface area is 163 Å². The van der Waals surface area contributed by atoms with E-state index in [9.17, 15) is 18.0 Å². The average molecular weight is 410 g/mol. The topological polar surface area (TPSA) is 83.7 Å². The van der Waals surface area contributed by atoms with E-state index in [4.69, 9.17) is 18.6 Å². The van der Waals surface area contributed by atoms with Gasteiger partial charge in [-0.25, -0.2) is 4.98 Å². The van der Waals surface area contributed by atoms with Gasteiger partial charge in [-0.2, -0.15) is 18.2 Å². The van der Waals surface area contributed by atoms with Gasteiger partial charge in [-0.3, -0.25) is 4.79 Å². The van der Waals surface area contributed by atoms with E-state index >= 15 is 0 Å². The van der Waals surface area contributed by atoms with Crippen LogP contribution in [0.15, 0.2) is 28.7 Å². The Balaban J connectivity index is 2.15. The van der Waals surface area contributed by atoms with Gasteiger partial charge in [0.1, 0.15) is 5.52 Å². The van der Waals surface area contributed by atoms with Gasteiger partial charge in [0.2, 0.25) is 0 Å². The molecule has 0 spiro atoms. The zero-order valence-electron chi connectivity index (χ0n) is 16.0. The fourth-order valence-electron chi connectivity index (χ4n) is 2.54. The predicted octanol–water partition coefficient (Wildman–Crippen LogP) is 4.28. The molecule has 154 valence electrons. The number of benzene rings is 1. The number of halogens is 3. The van der Waals surface area contributed by atoms with Crippen molar-refractivity contribution in [2.45, 2.75) is 26.1 Å². The number of Topliss-reactive ketones (excluding diaryl/α,β-unsaturated/α-hetero) is 1. The minimum Gasteiger partial charge on any atom is -0.493 e. The summed E-state index contributed by atoms with van der Waals surface area (Å²) in [5.74, 6) is 0.418. The molecule has 0 aliphatic rings. The average Bonchev–Trinajstić information content (AvgIpc) is 3.07. The molecule has 1 aromatic carbocycles. The second-order valence-corrected chi connectivity index (χ2v) is 6.13. The van der Waals surface area contributed by atoms with E-state index in [2.05, 4.69) is 9.97 Å². The predicted molar refractivity (Wildman–Crippen MR) is 96.1 cm³/mol. The fourth-order valence-corrected chi connectivity index (χ4v) is 2.54. The Hall–Kier alpha value is -3.30. The van der Waals surface area contributed by atoms with Crippen LogP contribution in [0.4, 0.5) is 13.2 Å². The second kappa shape index (κ2) is 7.61. The van der Waals surface area contributed by atoms with Crippen molar-refractivity contribution in [2.75, 3.05) is 14.2 Å². The van der Waals surface area contributed by atoms with Crippen LogP contribution in [0.3, 0.4) is 0 Å². The molecule has 2 aromatic heterocycles. The van der Waals surface area contributed by atoms with Gasteiger partial charge in [-0.05, 0) is 38.1 Å². The molecular weight excluding hydrogens is 393 g/mol. The molecule has 0 fully saturated rings. The number of methoxy groups -OCH3 is 2. The largest absolute Gasteiger partial charge is 0.493 e. The lowest BCUT2D eigenvalue weighted by atomic mass is 10.1. The number of ketones is 1. The second-order valence-electron chi connectivity index (χ2n) is 6.13. The standard InChI is InChI=1S/C19H17F3N2O5/c1-9(25)10(2)28-18-24-16-12(19(20,21)22)8-13(23-17(16)29-18)11-5-6-14(26-3)15(7-11)27-4/h5-8,10H,1-4H3/t10-/m0/s1. The Bertz CT molecular complexity index is 1060. The first-order chi connectivity index (χ1) is 13.6. The Morgan fingerprint density at radius 3 is 2.38 bits per heavy atom. The number of hydrogen-bond donors (Lipinski definition) is 0. The molecule has 0 N–H and O–H groups in total. The van der Waals surface area contributed by atoms with Crippen LogP contribution < -0.4 is 14.2 Å². The van der Waals surface area contributed by atoms with Gasteiger partial charge in [0.05, 0.1) is 25.5 Å². The maximum Gasteiger partial charge on any atom is 0.418 e. The fraction of sp³-hybridized carbons (Fsp3) is 0.316. The number of alkyl halides is 3. The number of ether oxygens (including phenoxy) is 3. The molecule has 0 radical (unpaired) electrons. The third kappa shape index (κ3) is 4.10. The molecule has 3 aromatic rings. The minimum absolute atomic E-state index is 0.00639. The van der Waals surface area contributed by atoms with Gasteiger partial charge in [-0.15, -0.1) is 0 Å². The van der Waals surface area contributed by atoms with E-state index in [1.165, 1.54) is 34.1 Å². The van der Waals surface area contributed by atoms with Crippen LogP contribution in [0.5, 0.6) is 17.6 Å². The lowest BCUT2D eigenvalue weighted by Gasteiger charge is -2.11. The Kier molecular flexibility index (Phi) is 5.36. The number of nitrogens with zero attached hydrogens (tertiary/aromatic N) is 2. The first kappa shape index (κ1) is 20.4. The van der Waals surface area contributed by atoms with Crippen LogP contribution in [0.25, 0.3) is 22.5 Å². The maximum atomic E-state index is 13.6. The summed E-state index contributed by atoms with van der Waals surface area (Å²) in [4.78, 5) is 19.2. The highest BCUT2D eigenvalue weighted by Gasteiger charge is 2.36. The number of fused-ring (bicyclic) bond motifs is 1. The van der Waals surface area contributed by atoms with Gasteiger partial charge < -0.3 is 18.6 Å². The molecule has 10 heteroatoms. The molecule has 7 nitrogen and oxygen atoms in total. The van der Waals surface area contributed by atoms with Crippen molar-refractivity contribution < 1.29 is 36.6 Å². The van der Waals surface area contributed by atoms with Gasteiger partial charge in [0, 0.05) is 5.56 Å². The van der Waals surface area contributed by atoms with Crippen molar-refractivity contribution in [2.24, 2.45) is 0 Å². The monoisotopic (exact) mass is 410 g/mol. The molecule has 0 bridgehead atoms. The molecule has 0 saturated heterocycles. The molecule has 1 atom stereocenters. The number of oxazole rings is 1. The molecular formula is C19H17F3N2O5. The van der Waals surface area contributed by atoms with Crippen LogP contribution in [0, 0.1) is 0 Å². The Morgan fingerprint density at radius 1 is 1.10 bits per heavy atom. The van der Waals surface area contributed by atoms with Crippen LogP contribution in [-0.4, -0.2) is 36.1 Å². The molecule has 0 saturated carbocycles. The molecule has 3 rings (SSSR count).